The second kappa shape index (κ2) is 7.35. The van der Waals surface area contributed by atoms with Crippen molar-refractivity contribution in [3.63, 3.8) is 0 Å². The molecule has 0 aliphatic carbocycles. The highest BCUT2D eigenvalue weighted by Gasteiger charge is 2.40. The van der Waals surface area contributed by atoms with Crippen molar-refractivity contribution in [1.82, 2.24) is 9.80 Å². The van der Waals surface area contributed by atoms with Crippen LogP contribution in [0.25, 0.3) is 6.08 Å². The minimum absolute atomic E-state index is 0.00859. The van der Waals surface area contributed by atoms with Crippen LogP contribution in [0.1, 0.15) is 28.8 Å². The Kier molecular flexibility index (Phi) is 5.07. The maximum atomic E-state index is 12.7. The highest BCUT2D eigenvalue weighted by atomic mass is 32.2. The van der Waals surface area contributed by atoms with Crippen LogP contribution in [0.15, 0.2) is 29.2 Å². The lowest BCUT2D eigenvalue weighted by atomic mass is 10.0. The van der Waals surface area contributed by atoms with E-state index in [1.165, 1.54) is 16.7 Å². The molecule has 142 valence electrons. The number of piperidine rings is 1. The van der Waals surface area contributed by atoms with Gasteiger partial charge in [0.15, 0.2) is 5.79 Å². The van der Waals surface area contributed by atoms with Gasteiger partial charge in [0.1, 0.15) is 4.32 Å². The van der Waals surface area contributed by atoms with E-state index in [-0.39, 0.29) is 11.8 Å². The van der Waals surface area contributed by atoms with Gasteiger partial charge in [-0.05, 0) is 23.8 Å². The van der Waals surface area contributed by atoms with Crippen LogP contribution in [0.5, 0.6) is 0 Å². The molecule has 0 aromatic heterocycles. The zero-order chi connectivity index (χ0) is 19.0. The van der Waals surface area contributed by atoms with Gasteiger partial charge in [0, 0.05) is 38.5 Å². The van der Waals surface area contributed by atoms with Crippen LogP contribution in [0.3, 0.4) is 0 Å². The van der Waals surface area contributed by atoms with Crippen molar-refractivity contribution in [1.29, 1.82) is 0 Å². The van der Waals surface area contributed by atoms with Crippen molar-refractivity contribution < 1.29 is 19.1 Å². The van der Waals surface area contributed by atoms with E-state index in [0.29, 0.717) is 53.9 Å². The average Bonchev–Trinajstić information content (AvgIpc) is 3.23. The molecular weight excluding hydrogens is 384 g/mol. The zero-order valence-corrected chi connectivity index (χ0v) is 16.6. The lowest BCUT2D eigenvalue weighted by molar-refractivity contribution is -0.181. The van der Waals surface area contributed by atoms with Gasteiger partial charge >= 0.3 is 0 Å². The summed E-state index contributed by atoms with van der Waals surface area (Å²) in [6, 6.07) is 7.30. The number of benzene rings is 1. The predicted molar refractivity (Wildman–Crippen MR) is 107 cm³/mol. The maximum Gasteiger partial charge on any atom is 0.265 e. The highest BCUT2D eigenvalue weighted by Crippen LogP contribution is 2.32. The number of carbonyl (C=O) groups is 2. The molecule has 3 saturated heterocycles. The van der Waals surface area contributed by atoms with E-state index in [0.717, 1.165) is 5.56 Å². The number of hydrogen-bond donors (Lipinski definition) is 0. The first kappa shape index (κ1) is 18.6. The minimum Gasteiger partial charge on any atom is -0.347 e. The number of thiocarbonyl (C=S) groups is 1. The second-order valence-corrected chi connectivity index (χ2v) is 8.44. The maximum absolute atomic E-state index is 12.7. The molecule has 6 nitrogen and oxygen atoms in total. The third kappa shape index (κ3) is 3.67. The molecule has 27 heavy (non-hydrogen) atoms. The molecule has 4 rings (SSSR count). The van der Waals surface area contributed by atoms with Crippen LogP contribution >= 0.6 is 24.0 Å². The van der Waals surface area contributed by atoms with Crippen molar-refractivity contribution in [2.45, 2.75) is 18.6 Å². The minimum atomic E-state index is -0.480. The van der Waals surface area contributed by atoms with Gasteiger partial charge in [0.25, 0.3) is 11.8 Å². The summed E-state index contributed by atoms with van der Waals surface area (Å²) in [6.45, 7) is 2.51. The van der Waals surface area contributed by atoms with Crippen LogP contribution in [0, 0.1) is 0 Å². The summed E-state index contributed by atoms with van der Waals surface area (Å²) >= 11 is 6.43. The number of likely N-dealkylation sites (N-methyl/N-ethyl adjacent to an activating group) is 1. The number of amides is 2. The molecule has 0 saturated carbocycles. The fraction of sp³-hybridized carbons (Fsp3) is 0.421. The van der Waals surface area contributed by atoms with E-state index < -0.39 is 5.79 Å². The van der Waals surface area contributed by atoms with Crippen LogP contribution < -0.4 is 0 Å². The van der Waals surface area contributed by atoms with Crippen molar-refractivity contribution in [2.24, 2.45) is 0 Å². The number of likely N-dealkylation sites (tertiary alicyclic amines) is 1. The van der Waals surface area contributed by atoms with Gasteiger partial charge in [-0.3, -0.25) is 14.5 Å². The molecule has 3 aliphatic heterocycles. The molecule has 0 atom stereocenters. The van der Waals surface area contributed by atoms with E-state index in [9.17, 15) is 9.59 Å². The largest absolute Gasteiger partial charge is 0.347 e. The van der Waals surface area contributed by atoms with Gasteiger partial charge in [0.2, 0.25) is 0 Å². The summed E-state index contributed by atoms with van der Waals surface area (Å²) in [4.78, 5) is 28.7. The van der Waals surface area contributed by atoms with Crippen LogP contribution in [0.2, 0.25) is 0 Å². The van der Waals surface area contributed by atoms with Crippen molar-refractivity contribution in [3.8, 4) is 0 Å². The van der Waals surface area contributed by atoms with Crippen LogP contribution in [0.4, 0.5) is 0 Å². The third-order valence-electron chi connectivity index (χ3n) is 5.07. The SMILES string of the molecule is CN1C(=O)C(=Cc2ccc(C(=O)N3CCC4(CC3)OCCO4)cc2)SC1=S. The summed E-state index contributed by atoms with van der Waals surface area (Å²) in [7, 11) is 1.67. The molecule has 0 N–H and O–H groups in total. The molecule has 0 radical (unpaired) electrons. The number of nitrogens with zero attached hydrogens (tertiary/aromatic N) is 2. The van der Waals surface area contributed by atoms with Gasteiger partial charge < -0.3 is 14.4 Å². The first-order chi connectivity index (χ1) is 13.0. The lowest BCUT2D eigenvalue weighted by Gasteiger charge is -2.37. The quantitative estimate of drug-likeness (QED) is 0.558. The molecule has 0 unspecified atom stereocenters. The monoisotopic (exact) mass is 404 g/mol. The smallest absolute Gasteiger partial charge is 0.265 e. The molecule has 0 bridgehead atoms. The normalized spacial score (nSPS) is 23.7. The molecule has 1 spiro atoms. The summed E-state index contributed by atoms with van der Waals surface area (Å²) in [6.07, 6.45) is 3.21. The summed E-state index contributed by atoms with van der Waals surface area (Å²) in [5, 5.41) is 0. The lowest BCUT2D eigenvalue weighted by Crippen LogP contribution is -2.47. The third-order valence-corrected chi connectivity index (χ3v) is 6.55. The Hall–Kier alpha value is -1.74. The number of carbonyl (C=O) groups excluding carboxylic acids is 2. The van der Waals surface area contributed by atoms with Gasteiger partial charge in [-0.25, -0.2) is 0 Å². The Bertz CT molecular complexity index is 806. The van der Waals surface area contributed by atoms with E-state index in [1.807, 2.05) is 17.0 Å². The molecule has 3 fully saturated rings. The molecule has 3 heterocycles. The van der Waals surface area contributed by atoms with Crippen molar-refractivity contribution in [3.05, 3.63) is 40.3 Å². The summed E-state index contributed by atoms with van der Waals surface area (Å²) in [5.74, 6) is -0.565. The van der Waals surface area contributed by atoms with E-state index in [4.69, 9.17) is 21.7 Å². The average molecular weight is 405 g/mol. The Morgan fingerprint density at radius 2 is 1.81 bits per heavy atom. The van der Waals surface area contributed by atoms with Crippen LogP contribution in [-0.2, 0) is 14.3 Å². The molecule has 8 heteroatoms. The molecule has 3 aliphatic rings. The van der Waals surface area contributed by atoms with Crippen molar-refractivity contribution >= 4 is 46.2 Å². The molecule has 1 aromatic rings. The van der Waals surface area contributed by atoms with E-state index >= 15 is 0 Å². The summed E-state index contributed by atoms with van der Waals surface area (Å²) < 4.78 is 12.0. The summed E-state index contributed by atoms with van der Waals surface area (Å²) in [5.41, 5.74) is 1.50. The predicted octanol–water partition coefficient (Wildman–Crippen LogP) is 2.50. The van der Waals surface area contributed by atoms with Crippen molar-refractivity contribution in [2.75, 3.05) is 33.4 Å². The topological polar surface area (TPSA) is 59.1 Å². The van der Waals surface area contributed by atoms with Gasteiger partial charge in [-0.2, -0.15) is 0 Å². The Morgan fingerprint density at radius 3 is 2.37 bits per heavy atom. The molecule has 1 aromatic carbocycles. The zero-order valence-electron chi connectivity index (χ0n) is 15.0. The fourth-order valence-corrected chi connectivity index (χ4v) is 4.62. The standard InChI is InChI=1S/C19H20N2O4S2/c1-20-17(23)15(27-18(20)26)12-13-2-4-14(5-3-13)16(22)21-8-6-19(7-9-21)24-10-11-25-19/h2-5,12H,6-11H2,1H3. The van der Waals surface area contributed by atoms with Gasteiger partial charge in [0.05, 0.1) is 18.1 Å². The van der Waals surface area contributed by atoms with Crippen LogP contribution in [-0.4, -0.2) is 65.1 Å². The Balaban J connectivity index is 1.41. The Morgan fingerprint density at radius 1 is 1.19 bits per heavy atom. The molecule has 2 amide bonds. The van der Waals surface area contributed by atoms with E-state index in [1.54, 1.807) is 25.3 Å². The second-order valence-electron chi connectivity index (χ2n) is 6.76. The number of hydrogen-bond acceptors (Lipinski definition) is 6. The first-order valence-electron chi connectivity index (χ1n) is 8.86. The number of rotatable bonds is 2. The first-order valence-corrected chi connectivity index (χ1v) is 10.1. The Labute approximate surface area is 167 Å². The highest BCUT2D eigenvalue weighted by molar-refractivity contribution is 8.26. The number of ether oxygens (including phenoxy) is 2. The van der Waals surface area contributed by atoms with Gasteiger partial charge in [-0.1, -0.05) is 36.1 Å². The molecular formula is C19H20N2O4S2. The van der Waals surface area contributed by atoms with Gasteiger partial charge in [-0.15, -0.1) is 0 Å². The number of thioether (sulfide) groups is 1. The fourth-order valence-electron chi connectivity index (χ4n) is 3.44. The van der Waals surface area contributed by atoms with E-state index in [2.05, 4.69) is 0 Å².